The van der Waals surface area contributed by atoms with E-state index in [1.165, 1.54) is 21.6 Å². The minimum Gasteiger partial charge on any atom is -0.325 e. The number of benzene rings is 3. The summed E-state index contributed by atoms with van der Waals surface area (Å²) < 4.78 is 30.3. The maximum absolute atomic E-state index is 13.4. The number of hydrogen-bond acceptors (Lipinski definition) is 6. The molecule has 1 heterocycles. The molecule has 0 aliphatic carbocycles. The second kappa shape index (κ2) is 14.7. The van der Waals surface area contributed by atoms with Crippen LogP contribution in [0.4, 0.5) is 5.69 Å². The number of anilines is 1. The fraction of sp³-hybridized carbons (Fsp3) is 0.400. The number of nitrogens with one attached hydrogen (secondary N) is 1. The molecule has 0 unspecified atom stereocenters. The van der Waals surface area contributed by atoms with Gasteiger partial charge in [-0.05, 0) is 58.7 Å². The summed E-state index contributed by atoms with van der Waals surface area (Å²) in [5.74, 6) is 1.29. The highest BCUT2D eigenvalue weighted by molar-refractivity contribution is 7.99. The quantitative estimate of drug-likeness (QED) is 0.148. The SMILES string of the molecule is CCN(CC)S(=O)(=O)c1cccc(-c2nnc(SCC(=O)Nc3ccc(C(C)C)cc3)n2-c2c(C(C)C)cccc2C(C)C)c1. The van der Waals surface area contributed by atoms with Crippen molar-refractivity contribution in [1.29, 1.82) is 0 Å². The van der Waals surface area contributed by atoms with Crippen molar-refractivity contribution in [2.24, 2.45) is 0 Å². The lowest BCUT2D eigenvalue weighted by molar-refractivity contribution is -0.113. The van der Waals surface area contributed by atoms with E-state index in [9.17, 15) is 13.2 Å². The second-order valence-corrected chi connectivity index (χ2v) is 14.8. The van der Waals surface area contributed by atoms with E-state index in [1.807, 2.05) is 48.7 Å². The average Bonchev–Trinajstić information content (AvgIpc) is 3.44. The third-order valence-corrected chi connectivity index (χ3v) is 10.8. The Balaban J connectivity index is 1.80. The molecule has 0 aliphatic heterocycles. The Bertz CT molecular complexity index is 1700. The molecule has 1 aromatic heterocycles. The summed E-state index contributed by atoms with van der Waals surface area (Å²) in [7, 11) is -3.69. The minimum atomic E-state index is -3.69. The Labute approximate surface area is 272 Å². The van der Waals surface area contributed by atoms with Gasteiger partial charge >= 0.3 is 0 Å². The molecule has 0 spiro atoms. The first-order chi connectivity index (χ1) is 21.4. The molecular weight excluding hydrogens is 603 g/mol. The predicted molar refractivity (Wildman–Crippen MR) is 185 cm³/mol. The first-order valence-corrected chi connectivity index (χ1v) is 18.0. The van der Waals surface area contributed by atoms with Gasteiger partial charge in [0.2, 0.25) is 15.9 Å². The van der Waals surface area contributed by atoms with Crippen molar-refractivity contribution >= 4 is 33.4 Å². The average molecular weight is 648 g/mol. The molecule has 3 aromatic carbocycles. The number of aromatic nitrogens is 3. The predicted octanol–water partition coefficient (Wildman–Crippen LogP) is 8.07. The summed E-state index contributed by atoms with van der Waals surface area (Å²) in [5.41, 5.74) is 5.78. The molecule has 4 aromatic rings. The molecule has 0 fully saturated rings. The van der Waals surface area contributed by atoms with Gasteiger partial charge in [0.05, 0.1) is 16.3 Å². The molecule has 1 N–H and O–H groups in total. The van der Waals surface area contributed by atoms with Gasteiger partial charge in [-0.2, -0.15) is 4.31 Å². The maximum atomic E-state index is 13.4. The zero-order chi connectivity index (χ0) is 32.9. The van der Waals surface area contributed by atoms with Gasteiger partial charge in [-0.3, -0.25) is 9.36 Å². The van der Waals surface area contributed by atoms with Crippen LogP contribution in [0.2, 0.25) is 0 Å². The number of thioether (sulfide) groups is 1. The summed E-state index contributed by atoms with van der Waals surface area (Å²) >= 11 is 1.31. The van der Waals surface area contributed by atoms with Gasteiger partial charge < -0.3 is 5.32 Å². The van der Waals surface area contributed by atoms with Gasteiger partial charge in [-0.1, -0.05) is 110 Å². The molecule has 0 atom stereocenters. The van der Waals surface area contributed by atoms with E-state index in [0.717, 1.165) is 22.5 Å². The summed E-state index contributed by atoms with van der Waals surface area (Å²) in [5, 5.41) is 12.7. The molecule has 0 saturated carbocycles. The van der Waals surface area contributed by atoms with E-state index >= 15 is 0 Å². The van der Waals surface area contributed by atoms with Crippen LogP contribution in [0, 0.1) is 0 Å². The molecule has 0 radical (unpaired) electrons. The van der Waals surface area contributed by atoms with Gasteiger partial charge in [0.15, 0.2) is 11.0 Å². The Hall–Kier alpha value is -3.47. The van der Waals surface area contributed by atoms with E-state index in [0.29, 0.717) is 35.6 Å². The van der Waals surface area contributed by atoms with Crippen LogP contribution in [-0.2, 0) is 14.8 Å². The Kier molecular flexibility index (Phi) is 11.3. The van der Waals surface area contributed by atoms with Gasteiger partial charge in [-0.15, -0.1) is 10.2 Å². The third kappa shape index (κ3) is 7.68. The van der Waals surface area contributed by atoms with Crippen molar-refractivity contribution in [2.75, 3.05) is 24.2 Å². The molecule has 1 amide bonds. The van der Waals surface area contributed by atoms with Crippen molar-refractivity contribution in [1.82, 2.24) is 19.1 Å². The first kappa shape index (κ1) is 34.4. The fourth-order valence-electron chi connectivity index (χ4n) is 5.31. The largest absolute Gasteiger partial charge is 0.325 e. The van der Waals surface area contributed by atoms with Crippen LogP contribution < -0.4 is 5.32 Å². The van der Waals surface area contributed by atoms with Crippen molar-refractivity contribution in [2.45, 2.75) is 83.2 Å². The second-order valence-electron chi connectivity index (χ2n) is 12.0. The summed E-state index contributed by atoms with van der Waals surface area (Å²) in [6.07, 6.45) is 0. The van der Waals surface area contributed by atoms with E-state index in [2.05, 4.69) is 75.3 Å². The van der Waals surface area contributed by atoms with Crippen LogP contribution in [0.15, 0.2) is 76.8 Å². The number of amides is 1. The van der Waals surface area contributed by atoms with E-state index in [-0.39, 0.29) is 28.4 Å². The molecule has 0 saturated heterocycles. The minimum absolute atomic E-state index is 0.126. The number of nitrogens with zero attached hydrogens (tertiary/aromatic N) is 4. The van der Waals surface area contributed by atoms with Crippen molar-refractivity contribution in [3.05, 3.63) is 83.4 Å². The van der Waals surface area contributed by atoms with Crippen LogP contribution in [0.1, 0.15) is 89.8 Å². The Morgan fingerprint density at radius 3 is 2.00 bits per heavy atom. The number of para-hydroxylation sites is 1. The lowest BCUT2D eigenvalue weighted by atomic mass is 9.92. The van der Waals surface area contributed by atoms with Gasteiger partial charge in [0, 0.05) is 24.3 Å². The molecule has 4 rings (SSSR count). The van der Waals surface area contributed by atoms with Crippen LogP contribution in [0.25, 0.3) is 17.1 Å². The number of rotatable bonds is 13. The topological polar surface area (TPSA) is 97.2 Å². The van der Waals surface area contributed by atoms with Crippen LogP contribution >= 0.6 is 11.8 Å². The summed E-state index contributed by atoms with van der Waals surface area (Å²) in [6.45, 7) is 17.3. The first-order valence-electron chi connectivity index (χ1n) is 15.6. The fourth-order valence-corrected chi connectivity index (χ4v) is 7.55. The molecule has 0 bridgehead atoms. The molecule has 0 aliphatic rings. The lowest BCUT2D eigenvalue weighted by Crippen LogP contribution is -2.30. The van der Waals surface area contributed by atoms with Crippen molar-refractivity contribution < 1.29 is 13.2 Å². The zero-order valence-electron chi connectivity index (χ0n) is 27.5. The van der Waals surface area contributed by atoms with Crippen LogP contribution in [-0.4, -0.2) is 52.2 Å². The standard InChI is InChI=1S/C35H45N5O3S2/c1-9-39(10-2)45(42,43)29-14-11-13-27(21-29)34-37-38-35(40(34)33-30(24(5)6)15-12-16-31(33)25(7)8)44-22-32(41)36-28-19-17-26(18-20-28)23(3)4/h11-21,23-25H,9-10,22H2,1-8H3,(H,36,41). The van der Waals surface area contributed by atoms with E-state index < -0.39 is 10.0 Å². The molecule has 10 heteroatoms. The summed E-state index contributed by atoms with van der Waals surface area (Å²) in [4.78, 5) is 13.3. The molecule has 240 valence electrons. The highest BCUT2D eigenvalue weighted by Gasteiger charge is 2.26. The van der Waals surface area contributed by atoms with Gasteiger partial charge in [-0.25, -0.2) is 8.42 Å². The third-order valence-electron chi connectivity index (χ3n) is 7.83. The van der Waals surface area contributed by atoms with Gasteiger partial charge in [0.1, 0.15) is 0 Å². The lowest BCUT2D eigenvalue weighted by Gasteiger charge is -2.23. The van der Waals surface area contributed by atoms with Gasteiger partial charge in [0.25, 0.3) is 0 Å². The number of sulfonamides is 1. The highest BCUT2D eigenvalue weighted by Crippen LogP contribution is 2.37. The van der Waals surface area contributed by atoms with E-state index in [4.69, 9.17) is 0 Å². The zero-order valence-corrected chi connectivity index (χ0v) is 29.2. The van der Waals surface area contributed by atoms with Crippen molar-refractivity contribution in [3.8, 4) is 17.1 Å². The number of hydrogen-bond donors (Lipinski definition) is 1. The van der Waals surface area contributed by atoms with Crippen molar-refractivity contribution in [3.63, 3.8) is 0 Å². The maximum Gasteiger partial charge on any atom is 0.243 e. The monoisotopic (exact) mass is 647 g/mol. The summed E-state index contributed by atoms with van der Waals surface area (Å²) in [6, 6.07) is 21.1. The highest BCUT2D eigenvalue weighted by atomic mass is 32.2. The smallest absolute Gasteiger partial charge is 0.243 e. The molecule has 8 nitrogen and oxygen atoms in total. The Morgan fingerprint density at radius 1 is 0.844 bits per heavy atom. The molecule has 45 heavy (non-hydrogen) atoms. The normalized spacial score (nSPS) is 12.1. The number of carbonyl (C=O) groups is 1. The Morgan fingerprint density at radius 2 is 1.44 bits per heavy atom. The van der Waals surface area contributed by atoms with E-state index in [1.54, 1.807) is 18.2 Å². The number of carbonyl (C=O) groups excluding carboxylic acids is 1. The molecular formula is C35H45N5O3S2. The van der Waals surface area contributed by atoms with Crippen LogP contribution in [0.5, 0.6) is 0 Å². The van der Waals surface area contributed by atoms with Crippen LogP contribution in [0.3, 0.4) is 0 Å².